The first-order chi connectivity index (χ1) is 13.4. The van der Waals surface area contributed by atoms with Gasteiger partial charge in [-0.1, -0.05) is 24.3 Å². The van der Waals surface area contributed by atoms with Gasteiger partial charge in [0, 0.05) is 19.1 Å². The molecule has 1 saturated heterocycles. The van der Waals surface area contributed by atoms with E-state index < -0.39 is 12.1 Å². The van der Waals surface area contributed by atoms with E-state index in [1.807, 2.05) is 0 Å². The third kappa shape index (κ3) is 4.86. The molecule has 6 nitrogen and oxygen atoms in total. The Kier molecular flexibility index (Phi) is 6.26. The number of benzene rings is 2. The first-order valence-electron chi connectivity index (χ1n) is 9.24. The zero-order valence-corrected chi connectivity index (χ0v) is 15.3. The second-order valence-corrected chi connectivity index (χ2v) is 6.95. The summed E-state index contributed by atoms with van der Waals surface area (Å²) in [5.41, 5.74) is 1.64. The van der Waals surface area contributed by atoms with E-state index in [4.69, 9.17) is 5.11 Å². The third-order valence-electron chi connectivity index (χ3n) is 5.03. The van der Waals surface area contributed by atoms with E-state index in [1.54, 1.807) is 29.2 Å². The first kappa shape index (κ1) is 19.8. The van der Waals surface area contributed by atoms with Crippen LogP contribution in [-0.4, -0.2) is 39.7 Å². The Hall–Kier alpha value is -2.93. The highest BCUT2D eigenvalue weighted by Crippen LogP contribution is 2.27. The van der Waals surface area contributed by atoms with Crippen molar-refractivity contribution in [1.82, 2.24) is 10.2 Å². The highest BCUT2D eigenvalue weighted by Gasteiger charge is 2.30. The number of nitrogens with zero attached hydrogens (tertiary/aromatic N) is 1. The Morgan fingerprint density at radius 1 is 1.14 bits per heavy atom. The van der Waals surface area contributed by atoms with Crippen molar-refractivity contribution in [1.29, 1.82) is 0 Å². The molecule has 1 aliphatic heterocycles. The van der Waals surface area contributed by atoms with Crippen LogP contribution in [0.3, 0.4) is 0 Å². The fourth-order valence-corrected chi connectivity index (χ4v) is 3.47. The fourth-order valence-electron chi connectivity index (χ4n) is 3.47. The van der Waals surface area contributed by atoms with Crippen LogP contribution in [0.15, 0.2) is 48.5 Å². The van der Waals surface area contributed by atoms with Crippen LogP contribution in [0.4, 0.5) is 9.18 Å². The molecule has 2 amide bonds. The standard InChI is InChI=1S/C21H23FN2O4/c22-17-9-7-15(8-10-17)19(25)12-18-2-1-11-24(18)21(28)23-13-14-3-5-16(6-4-14)20(26)27/h3-10,18-19,25H,1-2,11-13H2,(H,23,28)(H,26,27). The summed E-state index contributed by atoms with van der Waals surface area (Å²) in [6.07, 6.45) is 1.30. The highest BCUT2D eigenvalue weighted by atomic mass is 19.1. The van der Waals surface area contributed by atoms with Gasteiger partial charge < -0.3 is 20.4 Å². The van der Waals surface area contributed by atoms with Gasteiger partial charge in [-0.05, 0) is 54.7 Å². The quantitative estimate of drug-likeness (QED) is 0.710. The predicted octanol–water partition coefficient (Wildman–Crippen LogP) is 3.32. The van der Waals surface area contributed by atoms with Gasteiger partial charge in [-0.3, -0.25) is 0 Å². The predicted molar refractivity (Wildman–Crippen MR) is 101 cm³/mol. The van der Waals surface area contributed by atoms with E-state index >= 15 is 0 Å². The fraction of sp³-hybridized carbons (Fsp3) is 0.333. The molecule has 0 aromatic heterocycles. The molecule has 0 saturated carbocycles. The van der Waals surface area contributed by atoms with E-state index in [0.29, 0.717) is 25.1 Å². The van der Waals surface area contributed by atoms with Gasteiger partial charge in [0.05, 0.1) is 11.7 Å². The van der Waals surface area contributed by atoms with Gasteiger partial charge in [0.25, 0.3) is 0 Å². The van der Waals surface area contributed by atoms with Crippen LogP contribution in [0.5, 0.6) is 0 Å². The van der Waals surface area contributed by atoms with Crippen LogP contribution in [-0.2, 0) is 6.54 Å². The molecule has 0 aliphatic carbocycles. The lowest BCUT2D eigenvalue weighted by atomic mass is 10.0. The number of carboxylic acid groups (broad SMARTS) is 1. The third-order valence-corrected chi connectivity index (χ3v) is 5.03. The molecule has 2 aromatic rings. The molecule has 2 aromatic carbocycles. The number of halogens is 1. The molecule has 28 heavy (non-hydrogen) atoms. The molecule has 1 heterocycles. The number of aliphatic hydroxyl groups is 1. The molecule has 2 unspecified atom stereocenters. The number of aromatic carboxylic acids is 1. The van der Waals surface area contributed by atoms with Gasteiger partial charge in [-0.25, -0.2) is 14.0 Å². The lowest BCUT2D eigenvalue weighted by Crippen LogP contribution is -2.43. The summed E-state index contributed by atoms with van der Waals surface area (Å²) in [7, 11) is 0. The Labute approximate surface area is 162 Å². The van der Waals surface area contributed by atoms with E-state index in [-0.39, 0.29) is 23.5 Å². The van der Waals surface area contributed by atoms with E-state index in [9.17, 15) is 19.1 Å². The van der Waals surface area contributed by atoms with E-state index in [0.717, 1.165) is 18.4 Å². The van der Waals surface area contributed by atoms with E-state index in [1.165, 1.54) is 24.3 Å². The van der Waals surface area contributed by atoms with Crippen LogP contribution in [0, 0.1) is 5.82 Å². The van der Waals surface area contributed by atoms with Crippen LogP contribution in [0.25, 0.3) is 0 Å². The summed E-state index contributed by atoms with van der Waals surface area (Å²) >= 11 is 0. The second-order valence-electron chi connectivity index (χ2n) is 6.95. The molecule has 2 atom stereocenters. The van der Waals surface area contributed by atoms with Crippen LogP contribution >= 0.6 is 0 Å². The van der Waals surface area contributed by atoms with Crippen LogP contribution in [0.1, 0.15) is 46.9 Å². The summed E-state index contributed by atoms with van der Waals surface area (Å²) in [5.74, 6) is -1.34. The number of rotatable bonds is 6. The first-order valence-corrected chi connectivity index (χ1v) is 9.24. The minimum Gasteiger partial charge on any atom is -0.478 e. The molecule has 1 aliphatic rings. The molecule has 3 N–H and O–H groups in total. The van der Waals surface area contributed by atoms with Crippen molar-refractivity contribution in [2.24, 2.45) is 0 Å². The lowest BCUT2D eigenvalue weighted by molar-refractivity contribution is 0.0696. The van der Waals surface area contributed by atoms with Gasteiger partial charge in [0.1, 0.15) is 5.82 Å². The van der Waals surface area contributed by atoms with Gasteiger partial charge >= 0.3 is 12.0 Å². The average Bonchev–Trinajstić information content (AvgIpc) is 3.15. The van der Waals surface area contributed by atoms with Crippen molar-refractivity contribution in [3.05, 3.63) is 71.0 Å². The number of hydrogen-bond acceptors (Lipinski definition) is 3. The maximum absolute atomic E-state index is 13.0. The highest BCUT2D eigenvalue weighted by molar-refractivity contribution is 5.87. The van der Waals surface area contributed by atoms with Crippen molar-refractivity contribution in [3.63, 3.8) is 0 Å². The molecule has 148 valence electrons. The maximum atomic E-state index is 13.0. The largest absolute Gasteiger partial charge is 0.478 e. The average molecular weight is 386 g/mol. The second kappa shape index (κ2) is 8.84. The Bertz CT molecular complexity index is 823. The molecular weight excluding hydrogens is 363 g/mol. The lowest BCUT2D eigenvalue weighted by Gasteiger charge is -2.27. The summed E-state index contributed by atoms with van der Waals surface area (Å²) in [4.78, 5) is 25.2. The molecule has 7 heteroatoms. The van der Waals surface area contributed by atoms with Crippen LogP contribution < -0.4 is 5.32 Å². The summed E-state index contributed by atoms with van der Waals surface area (Å²) < 4.78 is 13.0. The SMILES string of the molecule is O=C(O)c1ccc(CNC(=O)N2CCCC2CC(O)c2ccc(F)cc2)cc1. The zero-order chi connectivity index (χ0) is 20.1. The molecule has 0 radical (unpaired) electrons. The van der Waals surface area contributed by atoms with Crippen molar-refractivity contribution in [3.8, 4) is 0 Å². The summed E-state index contributed by atoms with van der Waals surface area (Å²) in [6.45, 7) is 0.910. The number of carboxylic acids is 1. The number of likely N-dealkylation sites (tertiary alicyclic amines) is 1. The monoisotopic (exact) mass is 386 g/mol. The minimum atomic E-state index is -0.991. The number of carbonyl (C=O) groups is 2. The Morgan fingerprint density at radius 2 is 1.82 bits per heavy atom. The number of aliphatic hydroxyl groups excluding tert-OH is 1. The topological polar surface area (TPSA) is 89.9 Å². The van der Waals surface area contributed by atoms with E-state index in [2.05, 4.69) is 5.32 Å². The smallest absolute Gasteiger partial charge is 0.335 e. The summed E-state index contributed by atoms with van der Waals surface area (Å²) in [5, 5.41) is 22.2. The number of nitrogens with one attached hydrogen (secondary N) is 1. The normalized spacial score (nSPS) is 17.4. The molecule has 0 bridgehead atoms. The van der Waals surface area contributed by atoms with Crippen molar-refractivity contribution < 1.29 is 24.2 Å². The number of amides is 2. The Morgan fingerprint density at radius 3 is 2.46 bits per heavy atom. The van der Waals surface area contributed by atoms with Crippen molar-refractivity contribution >= 4 is 12.0 Å². The van der Waals surface area contributed by atoms with Gasteiger partial charge in [-0.15, -0.1) is 0 Å². The van der Waals surface area contributed by atoms with Crippen molar-refractivity contribution in [2.75, 3.05) is 6.54 Å². The molecule has 0 spiro atoms. The number of urea groups is 1. The molecule has 1 fully saturated rings. The number of hydrogen-bond donors (Lipinski definition) is 3. The number of carbonyl (C=O) groups excluding carboxylic acids is 1. The molecular formula is C21H23FN2O4. The molecule has 3 rings (SSSR count). The van der Waals surface area contributed by atoms with Gasteiger partial charge in [-0.2, -0.15) is 0 Å². The zero-order valence-electron chi connectivity index (χ0n) is 15.3. The minimum absolute atomic E-state index is 0.0885. The summed E-state index contributed by atoms with van der Waals surface area (Å²) in [6, 6.07) is 11.8. The van der Waals surface area contributed by atoms with Crippen LogP contribution in [0.2, 0.25) is 0 Å². The Balaban J connectivity index is 1.55. The van der Waals surface area contributed by atoms with Crippen molar-refractivity contribution in [2.45, 2.75) is 38.0 Å². The van der Waals surface area contributed by atoms with Gasteiger partial charge in [0.15, 0.2) is 0 Å². The van der Waals surface area contributed by atoms with Gasteiger partial charge in [0.2, 0.25) is 0 Å². The maximum Gasteiger partial charge on any atom is 0.335 e.